The monoisotopic (exact) mass is 235 g/mol. The van der Waals surface area contributed by atoms with E-state index in [1.54, 1.807) is 0 Å². The Morgan fingerprint density at radius 3 is 2.76 bits per heavy atom. The number of aryl methyl sites for hydroxylation is 1. The standard InChI is InChI=1S/C13H21N3O/c1-9(14)7-13-15-10(2)8-12(16-13)11-3-5-17-6-4-11/h8-9,11H,3-7,14H2,1-2H3. The van der Waals surface area contributed by atoms with E-state index in [0.717, 1.165) is 49.7 Å². The van der Waals surface area contributed by atoms with Gasteiger partial charge in [-0.1, -0.05) is 0 Å². The third-order valence-corrected chi connectivity index (χ3v) is 3.06. The average molecular weight is 235 g/mol. The van der Waals surface area contributed by atoms with Crippen LogP contribution < -0.4 is 5.73 Å². The molecule has 1 aliphatic rings. The summed E-state index contributed by atoms with van der Waals surface area (Å²) in [6.07, 6.45) is 2.88. The van der Waals surface area contributed by atoms with E-state index in [1.807, 2.05) is 13.8 Å². The normalized spacial score (nSPS) is 19.2. The largest absolute Gasteiger partial charge is 0.381 e. The molecule has 4 nitrogen and oxygen atoms in total. The summed E-state index contributed by atoms with van der Waals surface area (Å²) in [4.78, 5) is 9.10. The van der Waals surface area contributed by atoms with Crippen LogP contribution in [0.4, 0.5) is 0 Å². The lowest BCUT2D eigenvalue weighted by atomic mass is 9.96. The van der Waals surface area contributed by atoms with E-state index in [2.05, 4.69) is 16.0 Å². The quantitative estimate of drug-likeness (QED) is 0.864. The van der Waals surface area contributed by atoms with Crippen molar-refractivity contribution in [1.82, 2.24) is 9.97 Å². The molecule has 0 spiro atoms. The van der Waals surface area contributed by atoms with E-state index >= 15 is 0 Å². The van der Waals surface area contributed by atoms with Gasteiger partial charge >= 0.3 is 0 Å². The summed E-state index contributed by atoms with van der Waals surface area (Å²) in [5.41, 5.74) is 8.01. The number of nitrogens with zero attached hydrogens (tertiary/aromatic N) is 2. The summed E-state index contributed by atoms with van der Waals surface area (Å²) in [5, 5.41) is 0. The molecule has 0 bridgehead atoms. The molecule has 1 aromatic rings. The Balaban J connectivity index is 2.18. The average Bonchev–Trinajstić information content (AvgIpc) is 2.28. The Kier molecular flexibility index (Phi) is 4.07. The Hall–Kier alpha value is -1.00. The molecule has 94 valence electrons. The van der Waals surface area contributed by atoms with Gasteiger partial charge in [-0.25, -0.2) is 9.97 Å². The van der Waals surface area contributed by atoms with Crippen molar-refractivity contribution in [3.63, 3.8) is 0 Å². The molecule has 1 atom stereocenters. The van der Waals surface area contributed by atoms with Crippen LogP contribution in [0.2, 0.25) is 0 Å². The maximum absolute atomic E-state index is 5.80. The highest BCUT2D eigenvalue weighted by atomic mass is 16.5. The van der Waals surface area contributed by atoms with E-state index in [9.17, 15) is 0 Å². The van der Waals surface area contributed by atoms with Gasteiger partial charge in [0.2, 0.25) is 0 Å². The van der Waals surface area contributed by atoms with Gasteiger partial charge in [0, 0.05) is 43.0 Å². The van der Waals surface area contributed by atoms with Crippen LogP contribution in [0, 0.1) is 6.92 Å². The lowest BCUT2D eigenvalue weighted by molar-refractivity contribution is 0.0844. The topological polar surface area (TPSA) is 61.0 Å². The molecule has 1 aliphatic heterocycles. The van der Waals surface area contributed by atoms with Crippen molar-refractivity contribution in [2.45, 2.75) is 45.1 Å². The summed E-state index contributed by atoms with van der Waals surface area (Å²) in [6.45, 7) is 5.70. The minimum absolute atomic E-state index is 0.110. The third kappa shape index (κ3) is 3.48. The predicted molar refractivity (Wildman–Crippen MR) is 66.9 cm³/mol. The number of hydrogen-bond acceptors (Lipinski definition) is 4. The first-order valence-corrected chi connectivity index (χ1v) is 6.33. The van der Waals surface area contributed by atoms with Crippen LogP contribution in [0.1, 0.15) is 42.9 Å². The molecular formula is C13H21N3O. The van der Waals surface area contributed by atoms with Gasteiger partial charge in [0.15, 0.2) is 0 Å². The Labute approximate surface area is 103 Å². The molecular weight excluding hydrogens is 214 g/mol. The van der Waals surface area contributed by atoms with Gasteiger partial charge in [0.05, 0.1) is 0 Å². The second-order valence-electron chi connectivity index (χ2n) is 4.92. The number of aromatic nitrogens is 2. The third-order valence-electron chi connectivity index (χ3n) is 3.06. The van der Waals surface area contributed by atoms with Crippen molar-refractivity contribution in [3.05, 3.63) is 23.3 Å². The Morgan fingerprint density at radius 2 is 2.12 bits per heavy atom. The van der Waals surface area contributed by atoms with Gasteiger partial charge in [-0.2, -0.15) is 0 Å². The maximum atomic E-state index is 5.80. The molecule has 0 amide bonds. The van der Waals surface area contributed by atoms with Crippen molar-refractivity contribution in [2.75, 3.05) is 13.2 Å². The van der Waals surface area contributed by atoms with Crippen molar-refractivity contribution < 1.29 is 4.74 Å². The molecule has 2 rings (SSSR count). The van der Waals surface area contributed by atoms with E-state index < -0.39 is 0 Å². The minimum atomic E-state index is 0.110. The van der Waals surface area contributed by atoms with Gasteiger partial charge in [0.25, 0.3) is 0 Å². The highest BCUT2D eigenvalue weighted by molar-refractivity contribution is 5.15. The molecule has 0 aromatic carbocycles. The first-order valence-electron chi connectivity index (χ1n) is 6.33. The number of rotatable bonds is 3. The highest BCUT2D eigenvalue weighted by Crippen LogP contribution is 2.25. The van der Waals surface area contributed by atoms with Crippen molar-refractivity contribution in [3.8, 4) is 0 Å². The number of nitrogens with two attached hydrogens (primary N) is 1. The minimum Gasteiger partial charge on any atom is -0.381 e. The van der Waals surface area contributed by atoms with Gasteiger partial charge < -0.3 is 10.5 Å². The van der Waals surface area contributed by atoms with E-state index in [1.165, 1.54) is 0 Å². The Morgan fingerprint density at radius 1 is 1.41 bits per heavy atom. The van der Waals surface area contributed by atoms with Gasteiger partial charge in [-0.3, -0.25) is 0 Å². The zero-order chi connectivity index (χ0) is 12.3. The maximum Gasteiger partial charge on any atom is 0.130 e. The zero-order valence-corrected chi connectivity index (χ0v) is 10.6. The van der Waals surface area contributed by atoms with Crippen LogP contribution in [0.15, 0.2) is 6.07 Å². The van der Waals surface area contributed by atoms with E-state index in [0.29, 0.717) is 5.92 Å². The SMILES string of the molecule is Cc1cc(C2CCOCC2)nc(CC(C)N)n1. The predicted octanol–water partition coefficient (Wildman–Crippen LogP) is 1.57. The molecule has 17 heavy (non-hydrogen) atoms. The van der Waals surface area contributed by atoms with Gasteiger partial charge in [-0.15, -0.1) is 0 Å². The first kappa shape index (κ1) is 12.5. The van der Waals surface area contributed by atoms with Gasteiger partial charge in [-0.05, 0) is 32.8 Å². The lowest BCUT2D eigenvalue weighted by Gasteiger charge is -2.22. The van der Waals surface area contributed by atoms with Crippen LogP contribution in [0.25, 0.3) is 0 Å². The molecule has 1 saturated heterocycles. The molecule has 2 N–H and O–H groups in total. The summed E-state index contributed by atoms with van der Waals surface area (Å²) in [6, 6.07) is 2.21. The van der Waals surface area contributed by atoms with E-state index in [-0.39, 0.29) is 6.04 Å². The molecule has 0 saturated carbocycles. The van der Waals surface area contributed by atoms with Gasteiger partial charge in [0.1, 0.15) is 5.82 Å². The Bertz CT molecular complexity index is 373. The molecule has 0 aliphatic carbocycles. The fraction of sp³-hybridized carbons (Fsp3) is 0.692. The molecule has 2 heterocycles. The molecule has 1 fully saturated rings. The zero-order valence-electron chi connectivity index (χ0n) is 10.6. The van der Waals surface area contributed by atoms with Crippen LogP contribution in [0.3, 0.4) is 0 Å². The second kappa shape index (κ2) is 5.56. The van der Waals surface area contributed by atoms with Crippen molar-refractivity contribution in [1.29, 1.82) is 0 Å². The summed E-state index contributed by atoms with van der Waals surface area (Å²) >= 11 is 0. The van der Waals surface area contributed by atoms with Crippen LogP contribution >= 0.6 is 0 Å². The summed E-state index contributed by atoms with van der Waals surface area (Å²) in [7, 11) is 0. The summed E-state index contributed by atoms with van der Waals surface area (Å²) < 4.78 is 5.38. The lowest BCUT2D eigenvalue weighted by Crippen LogP contribution is -2.21. The molecule has 0 radical (unpaired) electrons. The van der Waals surface area contributed by atoms with Crippen LogP contribution in [-0.4, -0.2) is 29.2 Å². The molecule has 4 heteroatoms. The van der Waals surface area contributed by atoms with Crippen molar-refractivity contribution >= 4 is 0 Å². The van der Waals surface area contributed by atoms with E-state index in [4.69, 9.17) is 10.5 Å². The molecule has 1 unspecified atom stereocenters. The number of hydrogen-bond donors (Lipinski definition) is 1. The molecule has 1 aromatic heterocycles. The summed E-state index contributed by atoms with van der Waals surface area (Å²) in [5.74, 6) is 1.40. The first-order chi connectivity index (χ1) is 8.15. The van der Waals surface area contributed by atoms with Crippen LogP contribution in [0.5, 0.6) is 0 Å². The highest BCUT2D eigenvalue weighted by Gasteiger charge is 2.18. The smallest absolute Gasteiger partial charge is 0.130 e. The second-order valence-corrected chi connectivity index (χ2v) is 4.92. The fourth-order valence-corrected chi connectivity index (χ4v) is 2.24. The number of ether oxygens (including phenoxy) is 1. The fourth-order valence-electron chi connectivity index (χ4n) is 2.24. The van der Waals surface area contributed by atoms with Crippen molar-refractivity contribution in [2.24, 2.45) is 5.73 Å². The van der Waals surface area contributed by atoms with Crippen LogP contribution in [-0.2, 0) is 11.2 Å².